The number of sulfone groups is 1. The summed E-state index contributed by atoms with van der Waals surface area (Å²) in [5, 5.41) is 0. The van der Waals surface area contributed by atoms with Crippen LogP contribution in [0.2, 0.25) is 0 Å². The number of benzene rings is 2. The molecule has 1 fully saturated rings. The van der Waals surface area contributed by atoms with Gasteiger partial charge in [0.25, 0.3) is 11.8 Å². The molecule has 1 atom stereocenters. The van der Waals surface area contributed by atoms with Gasteiger partial charge in [-0.15, -0.1) is 0 Å². The van der Waals surface area contributed by atoms with Crippen LogP contribution >= 0.6 is 0 Å². The maximum absolute atomic E-state index is 14.1. The molecule has 2 aromatic carbocycles. The molecule has 1 heterocycles. The normalized spacial score (nSPS) is 16.5. The fraction of sp³-hybridized carbons (Fsp3) is 0.481. The standard InChI is InChI=1S/C27H32FNO5S/c1-19(21-11-12-24(28)25(17-21)34-15-13-20-9-10-20)18-35(32,33)16-6-2-5-14-29-26(30)22-7-3-4-8-23(22)27(29)31/h3-4,7-8,11-12,17,19-20H,2,5-6,9-10,13-16,18H2,1H3/t19-/m1/s1. The van der Waals surface area contributed by atoms with Gasteiger partial charge in [-0.2, -0.15) is 0 Å². The van der Waals surface area contributed by atoms with Crippen LogP contribution in [0.4, 0.5) is 4.39 Å². The SMILES string of the molecule is C[C@H](CS(=O)(=O)CCCCCN1C(=O)c2ccccc2C1=O)c1ccc(F)c(OCCC2CC2)c1. The van der Waals surface area contributed by atoms with Gasteiger partial charge in [-0.3, -0.25) is 14.5 Å². The Morgan fingerprint density at radius 1 is 1.03 bits per heavy atom. The van der Waals surface area contributed by atoms with Gasteiger partial charge in [-0.25, -0.2) is 12.8 Å². The van der Waals surface area contributed by atoms with Crippen molar-refractivity contribution in [3.8, 4) is 5.75 Å². The first-order chi connectivity index (χ1) is 16.7. The zero-order valence-corrected chi connectivity index (χ0v) is 20.9. The second-order valence-electron chi connectivity index (χ2n) is 9.65. The number of carbonyl (C=O) groups is 2. The van der Waals surface area contributed by atoms with E-state index in [2.05, 4.69) is 0 Å². The third-order valence-corrected chi connectivity index (χ3v) is 8.64. The Balaban J connectivity index is 1.21. The van der Waals surface area contributed by atoms with E-state index in [1.54, 1.807) is 36.4 Å². The lowest BCUT2D eigenvalue weighted by Gasteiger charge is -2.15. The number of hydrogen-bond acceptors (Lipinski definition) is 5. The quantitative estimate of drug-likeness (QED) is 0.285. The average molecular weight is 502 g/mol. The van der Waals surface area contributed by atoms with Crippen LogP contribution < -0.4 is 4.74 Å². The molecular formula is C27H32FNO5S. The van der Waals surface area contributed by atoms with Crippen molar-refractivity contribution in [1.29, 1.82) is 0 Å². The molecular weight excluding hydrogens is 469 g/mol. The molecule has 2 amide bonds. The Morgan fingerprint density at radius 2 is 1.71 bits per heavy atom. The van der Waals surface area contributed by atoms with E-state index in [0.29, 0.717) is 42.9 Å². The predicted octanol–water partition coefficient (Wildman–Crippen LogP) is 4.99. The van der Waals surface area contributed by atoms with Crippen LogP contribution in [-0.4, -0.2) is 49.8 Å². The third-order valence-electron chi connectivity index (χ3n) is 6.72. The van der Waals surface area contributed by atoms with E-state index < -0.39 is 15.7 Å². The summed E-state index contributed by atoms with van der Waals surface area (Å²) in [6.45, 7) is 2.57. The molecule has 0 radical (unpaired) electrons. The monoisotopic (exact) mass is 501 g/mol. The first-order valence-electron chi connectivity index (χ1n) is 12.3. The van der Waals surface area contributed by atoms with E-state index in [9.17, 15) is 22.4 Å². The number of carbonyl (C=O) groups excluding carboxylic acids is 2. The second kappa shape index (κ2) is 10.9. The molecule has 1 aliphatic heterocycles. The van der Waals surface area contributed by atoms with Crippen molar-refractivity contribution >= 4 is 21.7 Å². The third kappa shape index (κ3) is 6.48. The van der Waals surface area contributed by atoms with Crippen LogP contribution in [0, 0.1) is 11.7 Å². The highest BCUT2D eigenvalue weighted by atomic mass is 32.2. The van der Waals surface area contributed by atoms with Gasteiger partial charge in [0.1, 0.15) is 0 Å². The topological polar surface area (TPSA) is 80.8 Å². The second-order valence-corrected chi connectivity index (χ2v) is 11.9. The predicted molar refractivity (Wildman–Crippen MR) is 132 cm³/mol. The highest BCUT2D eigenvalue weighted by Crippen LogP contribution is 2.33. The summed E-state index contributed by atoms with van der Waals surface area (Å²) in [4.78, 5) is 26.0. The zero-order chi connectivity index (χ0) is 25.0. The van der Waals surface area contributed by atoms with E-state index in [1.165, 1.54) is 23.8 Å². The van der Waals surface area contributed by atoms with Gasteiger partial charge < -0.3 is 4.74 Å². The molecule has 35 heavy (non-hydrogen) atoms. The molecule has 0 bridgehead atoms. The Kier molecular flexibility index (Phi) is 7.89. The number of nitrogens with zero attached hydrogens (tertiary/aromatic N) is 1. The lowest BCUT2D eigenvalue weighted by atomic mass is 10.0. The average Bonchev–Trinajstić information content (AvgIpc) is 3.62. The van der Waals surface area contributed by atoms with Gasteiger partial charge >= 0.3 is 0 Å². The van der Waals surface area contributed by atoms with Gasteiger partial charge in [-0.1, -0.05) is 44.4 Å². The Labute approximate surface area is 206 Å². The van der Waals surface area contributed by atoms with E-state index in [-0.39, 0.29) is 41.5 Å². The molecule has 0 saturated heterocycles. The molecule has 2 aromatic rings. The van der Waals surface area contributed by atoms with Gasteiger partial charge in [0.2, 0.25) is 0 Å². The number of amides is 2. The van der Waals surface area contributed by atoms with Crippen LogP contribution in [-0.2, 0) is 9.84 Å². The summed E-state index contributed by atoms with van der Waals surface area (Å²) in [6.07, 6.45) is 4.94. The molecule has 1 saturated carbocycles. The van der Waals surface area contributed by atoms with Crippen molar-refractivity contribution in [2.45, 2.75) is 51.4 Å². The molecule has 0 unspecified atom stereocenters. The summed E-state index contributed by atoms with van der Waals surface area (Å²) >= 11 is 0. The summed E-state index contributed by atoms with van der Waals surface area (Å²) in [5.74, 6) is -0.422. The number of rotatable bonds is 13. The molecule has 0 spiro atoms. The molecule has 4 rings (SSSR count). The van der Waals surface area contributed by atoms with Crippen molar-refractivity contribution in [1.82, 2.24) is 4.90 Å². The van der Waals surface area contributed by atoms with Crippen LogP contribution in [0.25, 0.3) is 0 Å². The smallest absolute Gasteiger partial charge is 0.261 e. The van der Waals surface area contributed by atoms with Crippen molar-refractivity contribution in [3.63, 3.8) is 0 Å². The first-order valence-corrected chi connectivity index (χ1v) is 14.1. The van der Waals surface area contributed by atoms with Crippen molar-refractivity contribution in [2.24, 2.45) is 5.92 Å². The maximum atomic E-state index is 14.1. The first kappa shape index (κ1) is 25.4. The summed E-state index contributed by atoms with van der Waals surface area (Å²) in [7, 11) is -3.32. The highest BCUT2D eigenvalue weighted by Gasteiger charge is 2.34. The van der Waals surface area contributed by atoms with Crippen molar-refractivity contribution in [3.05, 3.63) is 65.0 Å². The number of imide groups is 1. The van der Waals surface area contributed by atoms with Crippen LogP contribution in [0.1, 0.15) is 77.6 Å². The summed E-state index contributed by atoms with van der Waals surface area (Å²) < 4.78 is 45.0. The van der Waals surface area contributed by atoms with E-state index in [1.807, 2.05) is 6.92 Å². The highest BCUT2D eigenvalue weighted by molar-refractivity contribution is 7.91. The molecule has 0 N–H and O–H groups in total. The minimum atomic E-state index is -3.32. The Bertz CT molecular complexity index is 1160. The van der Waals surface area contributed by atoms with Gasteiger partial charge in [0, 0.05) is 6.54 Å². The lowest BCUT2D eigenvalue weighted by Crippen LogP contribution is -2.30. The van der Waals surface area contributed by atoms with Gasteiger partial charge in [-0.05, 0) is 60.9 Å². The van der Waals surface area contributed by atoms with E-state index in [4.69, 9.17) is 4.74 Å². The molecule has 0 aromatic heterocycles. The molecule has 8 heteroatoms. The summed E-state index contributed by atoms with van der Waals surface area (Å²) in [5.41, 5.74) is 1.58. The van der Waals surface area contributed by atoms with Crippen molar-refractivity contribution in [2.75, 3.05) is 24.7 Å². The van der Waals surface area contributed by atoms with E-state index >= 15 is 0 Å². The molecule has 188 valence electrons. The van der Waals surface area contributed by atoms with Crippen LogP contribution in [0.15, 0.2) is 42.5 Å². The lowest BCUT2D eigenvalue weighted by molar-refractivity contribution is 0.0651. The number of halogens is 1. The van der Waals surface area contributed by atoms with Crippen LogP contribution in [0.3, 0.4) is 0 Å². The maximum Gasteiger partial charge on any atom is 0.261 e. The fourth-order valence-electron chi connectivity index (χ4n) is 4.45. The minimum absolute atomic E-state index is 0.0292. The summed E-state index contributed by atoms with van der Waals surface area (Å²) in [6, 6.07) is 11.3. The minimum Gasteiger partial charge on any atom is -0.490 e. The van der Waals surface area contributed by atoms with Crippen molar-refractivity contribution < 1.29 is 27.1 Å². The molecule has 6 nitrogen and oxygen atoms in total. The largest absolute Gasteiger partial charge is 0.490 e. The number of ether oxygens (including phenoxy) is 1. The van der Waals surface area contributed by atoms with Gasteiger partial charge in [0.05, 0.1) is 29.2 Å². The molecule has 1 aliphatic carbocycles. The Hall–Kier alpha value is -2.74. The van der Waals surface area contributed by atoms with Crippen LogP contribution in [0.5, 0.6) is 5.75 Å². The number of unbranched alkanes of at least 4 members (excludes halogenated alkanes) is 2. The van der Waals surface area contributed by atoms with E-state index in [0.717, 1.165) is 12.0 Å². The number of hydrogen-bond donors (Lipinski definition) is 0. The number of fused-ring (bicyclic) bond motifs is 1. The Morgan fingerprint density at radius 3 is 2.37 bits per heavy atom. The zero-order valence-electron chi connectivity index (χ0n) is 20.0. The molecule has 2 aliphatic rings. The fourth-order valence-corrected chi connectivity index (χ4v) is 6.22. The van der Waals surface area contributed by atoms with Gasteiger partial charge in [0.15, 0.2) is 21.4 Å².